The summed E-state index contributed by atoms with van der Waals surface area (Å²) in [5, 5.41) is 8.93. The Bertz CT molecular complexity index is 1050. The number of anilines is 1. The summed E-state index contributed by atoms with van der Waals surface area (Å²) in [6, 6.07) is 11.7. The van der Waals surface area contributed by atoms with Crippen molar-refractivity contribution in [1.29, 1.82) is 0 Å². The van der Waals surface area contributed by atoms with Gasteiger partial charge in [-0.15, -0.1) is 10.2 Å². The molecule has 0 unspecified atom stereocenters. The Labute approximate surface area is 226 Å². The molecule has 2 aromatic rings. The van der Waals surface area contributed by atoms with E-state index < -0.39 is 0 Å². The number of rotatable bonds is 11. The van der Waals surface area contributed by atoms with Gasteiger partial charge in [-0.3, -0.25) is 9.59 Å². The Hall–Kier alpha value is -3.20. The molecule has 2 amide bonds. The fraction of sp³-hybridized carbons (Fsp3) is 0.586. The maximum atomic E-state index is 13.3. The zero-order valence-corrected chi connectivity index (χ0v) is 23.1. The van der Waals surface area contributed by atoms with E-state index in [4.69, 9.17) is 4.74 Å². The first-order valence-electron chi connectivity index (χ1n) is 14.0. The van der Waals surface area contributed by atoms with E-state index in [2.05, 4.69) is 33.8 Å². The zero-order valence-electron chi connectivity index (χ0n) is 23.1. The van der Waals surface area contributed by atoms with E-state index >= 15 is 0 Å². The second kappa shape index (κ2) is 13.6. The third-order valence-corrected chi connectivity index (χ3v) is 7.86. The topological polar surface area (TPSA) is 82.1 Å². The number of benzene rings is 1. The molecule has 206 valence electrons. The van der Waals surface area contributed by atoms with Crippen molar-refractivity contribution >= 4 is 17.6 Å². The number of ether oxygens (including phenoxy) is 1. The lowest BCUT2D eigenvalue weighted by molar-refractivity contribution is -0.144. The van der Waals surface area contributed by atoms with Crippen LogP contribution in [0.25, 0.3) is 11.3 Å². The van der Waals surface area contributed by atoms with Gasteiger partial charge in [-0.25, -0.2) is 0 Å². The molecule has 1 aliphatic carbocycles. The molecule has 1 aromatic heterocycles. The van der Waals surface area contributed by atoms with Crippen molar-refractivity contribution in [3.05, 3.63) is 36.4 Å². The predicted octanol–water partition coefficient (Wildman–Crippen LogP) is 3.16. The molecule has 0 atom stereocenters. The van der Waals surface area contributed by atoms with Crippen molar-refractivity contribution in [3.63, 3.8) is 0 Å². The molecule has 2 heterocycles. The molecule has 38 heavy (non-hydrogen) atoms. The summed E-state index contributed by atoms with van der Waals surface area (Å²) < 4.78 is 5.32. The van der Waals surface area contributed by atoms with Gasteiger partial charge in [-0.2, -0.15) is 0 Å². The fourth-order valence-corrected chi connectivity index (χ4v) is 5.07. The number of hydrogen-bond donors (Lipinski definition) is 0. The molecule has 0 radical (unpaired) electrons. The van der Waals surface area contributed by atoms with Crippen LogP contribution in [0.2, 0.25) is 0 Å². The van der Waals surface area contributed by atoms with Crippen molar-refractivity contribution < 1.29 is 14.3 Å². The fourth-order valence-electron chi connectivity index (χ4n) is 5.07. The van der Waals surface area contributed by atoms with Crippen LogP contribution in [0.5, 0.6) is 5.75 Å². The van der Waals surface area contributed by atoms with Crippen LogP contribution in [0, 0.1) is 5.92 Å². The van der Waals surface area contributed by atoms with Crippen LogP contribution in [0.4, 0.5) is 5.82 Å². The van der Waals surface area contributed by atoms with Gasteiger partial charge in [-0.05, 0) is 56.6 Å². The molecule has 1 saturated carbocycles. The highest BCUT2D eigenvalue weighted by Gasteiger charge is 2.31. The number of methoxy groups -OCH3 is 1. The van der Waals surface area contributed by atoms with Gasteiger partial charge < -0.3 is 24.3 Å². The Morgan fingerprint density at radius 3 is 2.45 bits per heavy atom. The summed E-state index contributed by atoms with van der Waals surface area (Å²) in [4.78, 5) is 34.7. The number of aromatic nitrogens is 2. The van der Waals surface area contributed by atoms with Crippen molar-refractivity contribution in [1.82, 2.24) is 24.9 Å². The molecule has 1 saturated heterocycles. The van der Waals surface area contributed by atoms with Gasteiger partial charge in [0.25, 0.3) is 0 Å². The summed E-state index contributed by atoms with van der Waals surface area (Å²) in [6.45, 7) is 10.5. The van der Waals surface area contributed by atoms with Gasteiger partial charge >= 0.3 is 0 Å². The molecule has 0 bridgehead atoms. The van der Waals surface area contributed by atoms with E-state index in [1.54, 1.807) is 7.11 Å². The van der Waals surface area contributed by atoms with Gasteiger partial charge in [0.05, 0.1) is 19.3 Å². The highest BCUT2D eigenvalue weighted by atomic mass is 16.5. The average molecular weight is 523 g/mol. The Morgan fingerprint density at radius 2 is 1.79 bits per heavy atom. The minimum atomic E-state index is 0.0403. The average Bonchev–Trinajstić information content (AvgIpc) is 3.18. The van der Waals surface area contributed by atoms with E-state index in [1.165, 1.54) is 0 Å². The quantitative estimate of drug-likeness (QED) is 0.448. The number of amides is 2. The van der Waals surface area contributed by atoms with Gasteiger partial charge in [0.2, 0.25) is 11.8 Å². The maximum absolute atomic E-state index is 13.3. The Morgan fingerprint density at radius 1 is 0.974 bits per heavy atom. The number of likely N-dealkylation sites (N-methyl/N-ethyl adjacent to an activating group) is 1. The third kappa shape index (κ3) is 7.01. The molecular weight excluding hydrogens is 480 g/mol. The van der Waals surface area contributed by atoms with E-state index in [0.29, 0.717) is 26.2 Å². The SMILES string of the molecule is CCN(CC)CCN(CC(=O)N1CCCN(c2ccc(-c3cccc(OC)c3)nn2)CC1)C(=O)C1CCC1. The van der Waals surface area contributed by atoms with Crippen LogP contribution in [0.3, 0.4) is 0 Å². The number of hydrogen-bond acceptors (Lipinski definition) is 7. The molecule has 1 aliphatic heterocycles. The molecule has 0 spiro atoms. The van der Waals surface area contributed by atoms with Crippen LogP contribution < -0.4 is 9.64 Å². The summed E-state index contributed by atoms with van der Waals surface area (Å²) >= 11 is 0. The molecule has 9 nitrogen and oxygen atoms in total. The number of carbonyl (C=O) groups excluding carboxylic acids is 2. The van der Waals surface area contributed by atoms with Crippen LogP contribution in [0.1, 0.15) is 39.5 Å². The van der Waals surface area contributed by atoms with Gasteiger partial charge in [-0.1, -0.05) is 32.4 Å². The van der Waals surface area contributed by atoms with Crippen molar-refractivity contribution in [3.8, 4) is 17.0 Å². The minimum Gasteiger partial charge on any atom is -0.497 e. The van der Waals surface area contributed by atoms with Gasteiger partial charge in [0, 0.05) is 50.7 Å². The molecule has 2 fully saturated rings. The Balaban J connectivity index is 1.35. The van der Waals surface area contributed by atoms with E-state index in [-0.39, 0.29) is 24.3 Å². The summed E-state index contributed by atoms with van der Waals surface area (Å²) in [5.74, 6) is 1.88. The van der Waals surface area contributed by atoms with Crippen LogP contribution in [0.15, 0.2) is 36.4 Å². The highest BCUT2D eigenvalue weighted by molar-refractivity contribution is 5.86. The summed E-state index contributed by atoms with van der Waals surface area (Å²) in [7, 11) is 1.65. The molecule has 9 heteroatoms. The predicted molar refractivity (Wildman–Crippen MR) is 149 cm³/mol. The van der Waals surface area contributed by atoms with Gasteiger partial charge in [0.15, 0.2) is 5.82 Å². The lowest BCUT2D eigenvalue weighted by Crippen LogP contribution is -2.49. The van der Waals surface area contributed by atoms with Gasteiger partial charge in [0.1, 0.15) is 5.75 Å². The maximum Gasteiger partial charge on any atom is 0.242 e. The number of carbonyl (C=O) groups is 2. The van der Waals surface area contributed by atoms with Crippen molar-refractivity contribution in [2.45, 2.75) is 39.5 Å². The first-order chi connectivity index (χ1) is 18.5. The van der Waals surface area contributed by atoms with Crippen LogP contribution in [-0.4, -0.2) is 103 Å². The largest absolute Gasteiger partial charge is 0.497 e. The second-order valence-electron chi connectivity index (χ2n) is 10.1. The van der Waals surface area contributed by atoms with Crippen LogP contribution >= 0.6 is 0 Å². The van der Waals surface area contributed by atoms with E-state index in [9.17, 15) is 9.59 Å². The smallest absolute Gasteiger partial charge is 0.242 e. The lowest BCUT2D eigenvalue weighted by Gasteiger charge is -2.34. The number of nitrogens with zero attached hydrogens (tertiary/aromatic N) is 6. The molecule has 2 aliphatic rings. The highest BCUT2D eigenvalue weighted by Crippen LogP contribution is 2.28. The van der Waals surface area contributed by atoms with E-state index in [1.807, 2.05) is 46.2 Å². The normalized spacial score (nSPS) is 16.2. The summed E-state index contributed by atoms with van der Waals surface area (Å²) in [5.41, 5.74) is 1.75. The molecule has 4 rings (SSSR count). The first-order valence-corrected chi connectivity index (χ1v) is 14.0. The third-order valence-electron chi connectivity index (χ3n) is 7.86. The monoisotopic (exact) mass is 522 g/mol. The molecule has 1 aromatic carbocycles. The molecule has 0 N–H and O–H groups in total. The zero-order chi connectivity index (χ0) is 26.9. The molecular formula is C29H42N6O3. The van der Waals surface area contributed by atoms with Crippen molar-refractivity contribution in [2.75, 3.05) is 70.9 Å². The Kier molecular flexibility index (Phi) is 9.92. The summed E-state index contributed by atoms with van der Waals surface area (Å²) in [6.07, 6.45) is 3.86. The lowest BCUT2D eigenvalue weighted by atomic mass is 9.84. The van der Waals surface area contributed by atoms with E-state index in [0.717, 1.165) is 74.7 Å². The van der Waals surface area contributed by atoms with Crippen LogP contribution in [-0.2, 0) is 9.59 Å². The standard InChI is InChI=1S/C29H42N6O3/c1-4-32(5-2)17-18-35(29(37)23-9-6-10-23)22-28(36)34-16-8-15-33(19-20-34)27-14-13-26(30-31-27)24-11-7-12-25(21-24)38-3/h7,11-14,21,23H,4-6,8-10,15-20,22H2,1-3H3. The minimum absolute atomic E-state index is 0.0403. The van der Waals surface area contributed by atoms with Crippen molar-refractivity contribution in [2.24, 2.45) is 5.92 Å². The first kappa shape index (κ1) is 27.8. The second-order valence-corrected chi connectivity index (χ2v) is 10.1.